The van der Waals surface area contributed by atoms with Gasteiger partial charge >= 0.3 is 0 Å². The standard InChI is InChI=1S/C15H22N2O2S/c1-4-20(19)9-8-17-14(16-12(3)15(17)18)13-7-5-6-11(2)10-13/h5-7,10,12,14,16H,4,8-9H2,1-3H3. The lowest BCUT2D eigenvalue weighted by atomic mass is 10.1. The smallest absolute Gasteiger partial charge is 0.241 e. The van der Waals surface area contributed by atoms with Gasteiger partial charge in [-0.15, -0.1) is 0 Å². The van der Waals surface area contributed by atoms with Gasteiger partial charge in [0.05, 0.1) is 6.04 Å². The SMILES string of the molecule is CCS(=O)CCN1C(=O)C(C)NC1c1cccc(C)c1. The van der Waals surface area contributed by atoms with E-state index in [1.807, 2.05) is 43.9 Å². The van der Waals surface area contributed by atoms with Crippen LogP contribution in [0.15, 0.2) is 24.3 Å². The number of benzene rings is 1. The molecule has 0 bridgehead atoms. The Hall–Kier alpha value is -1.20. The Bertz CT molecular complexity index is 518. The number of carbonyl (C=O) groups excluding carboxylic acids is 1. The number of hydrogen-bond donors (Lipinski definition) is 1. The maximum Gasteiger partial charge on any atom is 0.241 e. The van der Waals surface area contributed by atoms with Crippen LogP contribution < -0.4 is 5.32 Å². The monoisotopic (exact) mass is 294 g/mol. The third kappa shape index (κ3) is 3.27. The van der Waals surface area contributed by atoms with E-state index in [2.05, 4.69) is 11.4 Å². The zero-order valence-corrected chi connectivity index (χ0v) is 13.1. The first-order valence-corrected chi connectivity index (χ1v) is 8.49. The normalized spacial score (nSPS) is 24.1. The van der Waals surface area contributed by atoms with E-state index in [4.69, 9.17) is 0 Å². The molecule has 5 heteroatoms. The maximum absolute atomic E-state index is 12.2. The van der Waals surface area contributed by atoms with Gasteiger partial charge < -0.3 is 4.90 Å². The van der Waals surface area contributed by atoms with Gasteiger partial charge in [0.15, 0.2) is 0 Å². The molecule has 1 saturated heterocycles. The second-order valence-corrected chi connectivity index (χ2v) is 7.03. The molecule has 1 N–H and O–H groups in total. The van der Waals surface area contributed by atoms with Crippen LogP contribution in [0.2, 0.25) is 0 Å². The van der Waals surface area contributed by atoms with Crippen LogP contribution in [0, 0.1) is 6.92 Å². The molecule has 1 aliphatic rings. The lowest BCUT2D eigenvalue weighted by Gasteiger charge is -2.24. The van der Waals surface area contributed by atoms with Crippen molar-refractivity contribution in [2.45, 2.75) is 33.0 Å². The molecular weight excluding hydrogens is 272 g/mol. The average molecular weight is 294 g/mol. The summed E-state index contributed by atoms with van der Waals surface area (Å²) in [5.41, 5.74) is 2.26. The minimum atomic E-state index is -0.847. The van der Waals surface area contributed by atoms with E-state index in [0.717, 1.165) is 5.56 Å². The second kappa shape index (κ2) is 6.50. The van der Waals surface area contributed by atoms with Crippen LogP contribution >= 0.6 is 0 Å². The molecular formula is C15H22N2O2S. The van der Waals surface area contributed by atoms with E-state index in [-0.39, 0.29) is 18.1 Å². The lowest BCUT2D eigenvalue weighted by molar-refractivity contribution is -0.129. The predicted octanol–water partition coefficient (Wildman–Crippen LogP) is 1.58. The van der Waals surface area contributed by atoms with Crippen molar-refractivity contribution in [3.8, 4) is 0 Å². The third-order valence-corrected chi connectivity index (χ3v) is 4.89. The molecule has 3 atom stereocenters. The highest BCUT2D eigenvalue weighted by Gasteiger charge is 2.36. The van der Waals surface area contributed by atoms with E-state index in [1.165, 1.54) is 5.56 Å². The van der Waals surface area contributed by atoms with Crippen molar-refractivity contribution in [1.29, 1.82) is 0 Å². The molecule has 0 aliphatic carbocycles. The zero-order valence-electron chi connectivity index (χ0n) is 12.3. The minimum Gasteiger partial charge on any atom is -0.321 e. The van der Waals surface area contributed by atoms with Crippen molar-refractivity contribution in [2.75, 3.05) is 18.1 Å². The molecule has 20 heavy (non-hydrogen) atoms. The minimum absolute atomic E-state index is 0.0876. The molecule has 1 fully saturated rings. The van der Waals surface area contributed by atoms with E-state index in [9.17, 15) is 9.00 Å². The van der Waals surface area contributed by atoms with Crippen molar-refractivity contribution >= 4 is 16.7 Å². The Balaban J connectivity index is 2.17. The van der Waals surface area contributed by atoms with Crippen LogP contribution in [-0.2, 0) is 15.6 Å². The lowest BCUT2D eigenvalue weighted by Crippen LogP contribution is -2.34. The van der Waals surface area contributed by atoms with E-state index in [1.54, 1.807) is 0 Å². The average Bonchev–Trinajstić information content (AvgIpc) is 2.72. The quantitative estimate of drug-likeness (QED) is 0.897. The van der Waals surface area contributed by atoms with Gasteiger partial charge in [-0.3, -0.25) is 14.3 Å². The van der Waals surface area contributed by atoms with Crippen LogP contribution in [-0.4, -0.2) is 39.1 Å². The highest BCUT2D eigenvalue weighted by molar-refractivity contribution is 7.84. The number of aryl methyl sites for hydroxylation is 1. The van der Waals surface area contributed by atoms with E-state index < -0.39 is 10.8 Å². The first kappa shape index (κ1) is 15.2. The Labute approximate surface area is 123 Å². The fourth-order valence-electron chi connectivity index (χ4n) is 2.47. The Kier molecular flexibility index (Phi) is 4.94. The largest absolute Gasteiger partial charge is 0.321 e. The molecule has 1 aromatic rings. The van der Waals surface area contributed by atoms with Crippen molar-refractivity contribution in [2.24, 2.45) is 0 Å². The van der Waals surface area contributed by atoms with Gasteiger partial charge in [0, 0.05) is 28.9 Å². The van der Waals surface area contributed by atoms with Gasteiger partial charge in [0.2, 0.25) is 5.91 Å². The summed E-state index contributed by atoms with van der Waals surface area (Å²) in [4.78, 5) is 14.1. The molecule has 1 aliphatic heterocycles. The highest BCUT2D eigenvalue weighted by atomic mass is 32.2. The summed E-state index contributed by atoms with van der Waals surface area (Å²) in [5.74, 6) is 1.27. The van der Waals surface area contributed by atoms with Gasteiger partial charge in [-0.2, -0.15) is 0 Å². The summed E-state index contributed by atoms with van der Waals surface area (Å²) < 4.78 is 11.6. The Morgan fingerprint density at radius 2 is 2.15 bits per heavy atom. The van der Waals surface area contributed by atoms with Crippen LogP contribution in [0.25, 0.3) is 0 Å². The van der Waals surface area contributed by atoms with E-state index in [0.29, 0.717) is 18.1 Å². The van der Waals surface area contributed by atoms with E-state index >= 15 is 0 Å². The highest BCUT2D eigenvalue weighted by Crippen LogP contribution is 2.25. The molecule has 1 heterocycles. The number of nitrogens with one attached hydrogen (secondary N) is 1. The molecule has 110 valence electrons. The summed E-state index contributed by atoms with van der Waals surface area (Å²) in [5, 5.41) is 3.32. The summed E-state index contributed by atoms with van der Waals surface area (Å²) in [6.07, 6.45) is -0.105. The van der Waals surface area contributed by atoms with Crippen LogP contribution in [0.5, 0.6) is 0 Å². The van der Waals surface area contributed by atoms with Crippen molar-refractivity contribution in [3.05, 3.63) is 35.4 Å². The predicted molar refractivity (Wildman–Crippen MR) is 81.8 cm³/mol. The molecule has 1 aromatic carbocycles. The van der Waals surface area contributed by atoms with Crippen molar-refractivity contribution in [3.63, 3.8) is 0 Å². The molecule has 0 aromatic heterocycles. The molecule has 0 saturated carbocycles. The first-order chi connectivity index (χ1) is 9.52. The van der Waals surface area contributed by atoms with Gasteiger partial charge in [0.25, 0.3) is 0 Å². The summed E-state index contributed by atoms with van der Waals surface area (Å²) in [7, 11) is -0.847. The Morgan fingerprint density at radius 3 is 2.80 bits per heavy atom. The number of nitrogens with zero attached hydrogens (tertiary/aromatic N) is 1. The van der Waals surface area contributed by atoms with Crippen molar-refractivity contribution in [1.82, 2.24) is 10.2 Å². The molecule has 0 radical (unpaired) electrons. The Morgan fingerprint density at radius 1 is 1.40 bits per heavy atom. The molecule has 0 spiro atoms. The fraction of sp³-hybridized carbons (Fsp3) is 0.533. The van der Waals surface area contributed by atoms with Gasteiger partial charge in [-0.25, -0.2) is 0 Å². The molecule has 2 rings (SSSR count). The number of carbonyl (C=O) groups is 1. The van der Waals surface area contributed by atoms with Gasteiger partial charge in [-0.1, -0.05) is 36.8 Å². The number of amides is 1. The fourth-order valence-corrected chi connectivity index (χ4v) is 3.16. The zero-order chi connectivity index (χ0) is 14.7. The van der Waals surface area contributed by atoms with Crippen LogP contribution in [0.1, 0.15) is 31.1 Å². The van der Waals surface area contributed by atoms with Gasteiger partial charge in [-0.05, 0) is 19.4 Å². The first-order valence-electron chi connectivity index (χ1n) is 7.01. The number of hydrogen-bond acceptors (Lipinski definition) is 3. The number of rotatable bonds is 5. The van der Waals surface area contributed by atoms with Gasteiger partial charge in [0.1, 0.15) is 6.17 Å². The molecule has 1 amide bonds. The summed E-state index contributed by atoms with van der Waals surface area (Å²) in [6.45, 7) is 6.36. The summed E-state index contributed by atoms with van der Waals surface area (Å²) in [6, 6.07) is 7.98. The third-order valence-electron chi connectivity index (χ3n) is 3.61. The molecule has 4 nitrogen and oxygen atoms in total. The second-order valence-electron chi connectivity index (χ2n) is 5.17. The topological polar surface area (TPSA) is 49.4 Å². The summed E-state index contributed by atoms with van der Waals surface area (Å²) >= 11 is 0. The van der Waals surface area contributed by atoms with Crippen LogP contribution in [0.3, 0.4) is 0 Å². The van der Waals surface area contributed by atoms with Crippen LogP contribution in [0.4, 0.5) is 0 Å². The van der Waals surface area contributed by atoms with Crippen molar-refractivity contribution < 1.29 is 9.00 Å². The molecule has 3 unspecified atom stereocenters. The maximum atomic E-state index is 12.2.